The van der Waals surface area contributed by atoms with Crippen molar-refractivity contribution in [1.82, 2.24) is 20.2 Å². The summed E-state index contributed by atoms with van der Waals surface area (Å²) in [5, 5.41) is 19.8. The van der Waals surface area contributed by atoms with Crippen LogP contribution in [0.3, 0.4) is 0 Å². The molecule has 4 heterocycles. The Labute approximate surface area is 259 Å². The Balaban J connectivity index is 1.34. The molecule has 0 spiro atoms. The lowest BCUT2D eigenvalue weighted by Crippen LogP contribution is -2.51. The van der Waals surface area contributed by atoms with Crippen molar-refractivity contribution in [2.24, 2.45) is 0 Å². The molecule has 2 aliphatic heterocycles. The van der Waals surface area contributed by atoms with Crippen LogP contribution in [0.2, 0.25) is 0 Å². The number of hydrogen-bond acceptors (Lipinski definition) is 9. The van der Waals surface area contributed by atoms with Gasteiger partial charge in [-0.25, -0.2) is 14.6 Å². The first kappa shape index (κ1) is 31.1. The molecule has 2 aliphatic rings. The minimum absolute atomic E-state index is 0.00242. The molecule has 0 saturated carbocycles. The lowest BCUT2D eigenvalue weighted by atomic mass is 9.86. The number of esters is 1. The number of pyridine rings is 2. The number of nitrogens with one attached hydrogen (secondary N) is 3. The monoisotopic (exact) mass is 621 g/mol. The number of anilines is 1. The number of amides is 3. The number of carbonyl (C=O) groups is 4. The second-order valence-corrected chi connectivity index (χ2v) is 12.5. The summed E-state index contributed by atoms with van der Waals surface area (Å²) in [4.78, 5) is 54.8. The molecule has 1 aromatic carbocycles. The van der Waals surface area contributed by atoms with Crippen LogP contribution in [-0.2, 0) is 42.6 Å². The van der Waals surface area contributed by atoms with Gasteiger partial charge >= 0.3 is 12.1 Å². The van der Waals surface area contributed by atoms with Crippen molar-refractivity contribution in [1.29, 1.82) is 0 Å². The van der Waals surface area contributed by atoms with E-state index in [1.807, 2.05) is 16.7 Å². The predicted octanol–water partition coefficient (Wildman–Crippen LogP) is 3.81. The number of nitrogens with zero attached hydrogens (tertiary/aromatic N) is 2. The molecule has 0 aliphatic carbocycles. The van der Waals surface area contributed by atoms with E-state index in [1.54, 1.807) is 45.9 Å². The Bertz CT molecular complexity index is 1780. The number of rotatable bonds is 6. The first-order valence-electron chi connectivity index (χ1n) is 14.3. The third kappa shape index (κ3) is 5.76. The van der Waals surface area contributed by atoms with Gasteiger partial charge in [0.15, 0.2) is 5.60 Å². The van der Waals surface area contributed by atoms with Crippen molar-refractivity contribution in [2.45, 2.75) is 84.4 Å². The van der Waals surface area contributed by atoms with Gasteiger partial charge in [0.05, 0.1) is 23.4 Å². The van der Waals surface area contributed by atoms with Crippen LogP contribution in [0.25, 0.3) is 22.3 Å². The molecule has 12 nitrogen and oxygen atoms in total. The van der Waals surface area contributed by atoms with Gasteiger partial charge in [-0.1, -0.05) is 25.2 Å². The molecule has 5 rings (SSSR count). The molecule has 3 amide bonds. The Hall–Kier alpha value is -4.36. The Morgan fingerprint density at radius 2 is 1.84 bits per heavy atom. The van der Waals surface area contributed by atoms with Crippen LogP contribution in [0, 0.1) is 4.64 Å². The van der Waals surface area contributed by atoms with Crippen LogP contribution in [-0.4, -0.2) is 56.2 Å². The van der Waals surface area contributed by atoms with E-state index in [-0.39, 0.29) is 13.0 Å². The van der Waals surface area contributed by atoms with Gasteiger partial charge in [0, 0.05) is 27.8 Å². The fraction of sp³-hybridized carbons (Fsp3) is 0.419. The number of cyclic esters (lactones) is 1. The smallest absolute Gasteiger partial charge is 0.408 e. The second kappa shape index (κ2) is 11.3. The molecule has 3 atom stereocenters. The highest BCUT2D eigenvalue weighted by Crippen LogP contribution is 2.41. The van der Waals surface area contributed by atoms with E-state index in [1.165, 1.54) is 13.8 Å². The van der Waals surface area contributed by atoms with E-state index in [9.17, 15) is 24.3 Å². The van der Waals surface area contributed by atoms with Crippen LogP contribution in [0.1, 0.15) is 64.7 Å². The summed E-state index contributed by atoms with van der Waals surface area (Å²) in [5.74, 6) is -1.70. The lowest BCUT2D eigenvalue weighted by Gasteiger charge is -2.32. The van der Waals surface area contributed by atoms with Crippen LogP contribution in [0.5, 0.6) is 0 Å². The molecule has 0 radical (unpaired) electrons. The van der Waals surface area contributed by atoms with Crippen molar-refractivity contribution < 1.29 is 33.8 Å². The fourth-order valence-electron chi connectivity index (χ4n) is 5.26. The normalized spacial score (nSPS) is 18.3. The summed E-state index contributed by atoms with van der Waals surface area (Å²) in [6, 6.07) is 7.25. The van der Waals surface area contributed by atoms with Crippen LogP contribution in [0.15, 0.2) is 30.3 Å². The quantitative estimate of drug-likeness (QED) is 0.185. The van der Waals surface area contributed by atoms with E-state index in [0.29, 0.717) is 44.9 Å². The number of hydrogen-bond donors (Lipinski definition) is 4. The minimum Gasteiger partial charge on any atom is -0.458 e. The number of alkyl carbamates (subject to hydrolysis) is 1. The van der Waals surface area contributed by atoms with Crippen molar-refractivity contribution in [3.63, 3.8) is 0 Å². The number of fused-ring (bicyclic) bond motifs is 5. The highest BCUT2D eigenvalue weighted by Gasteiger charge is 2.44. The third-order valence-corrected chi connectivity index (χ3v) is 8.12. The van der Waals surface area contributed by atoms with E-state index >= 15 is 0 Å². The van der Waals surface area contributed by atoms with E-state index in [0.717, 1.165) is 10.9 Å². The third-order valence-electron chi connectivity index (χ3n) is 7.66. The molecular formula is C31H35N5O7S. The summed E-state index contributed by atoms with van der Waals surface area (Å²) in [6.07, 6.45) is -0.600. The summed E-state index contributed by atoms with van der Waals surface area (Å²) in [5.41, 5.74) is 1.92. The van der Waals surface area contributed by atoms with Crippen molar-refractivity contribution in [2.75, 3.05) is 5.32 Å². The highest BCUT2D eigenvalue weighted by atomic mass is 32.1. The second-order valence-electron chi connectivity index (χ2n) is 12.1. The summed E-state index contributed by atoms with van der Waals surface area (Å²) in [6.45, 7) is 10.4. The summed E-state index contributed by atoms with van der Waals surface area (Å²) < 4.78 is 12.8. The number of benzene rings is 1. The zero-order chi connectivity index (χ0) is 32.1. The topological polar surface area (TPSA) is 161 Å². The van der Waals surface area contributed by atoms with Gasteiger partial charge in [0.1, 0.15) is 28.9 Å². The SMILES string of the molecule is CC[C@@]1(O)C(=O)OCc2c1cc1n(c2=S)Cc2cc3ccc(NC(=O)[C@H](C)NC(=O)[C@H](C)NC(=O)OC(C)(C)C)cc3nc2-1. The van der Waals surface area contributed by atoms with Gasteiger partial charge in [-0.3, -0.25) is 9.59 Å². The molecule has 4 N–H and O–H groups in total. The molecule has 3 aromatic rings. The fourth-order valence-corrected chi connectivity index (χ4v) is 5.59. The minimum atomic E-state index is -1.79. The van der Waals surface area contributed by atoms with Gasteiger partial charge in [-0.2, -0.15) is 0 Å². The molecule has 0 unspecified atom stereocenters. The average molecular weight is 622 g/mol. The van der Waals surface area contributed by atoms with Gasteiger partial charge in [-0.05, 0) is 65.3 Å². The molecule has 232 valence electrons. The standard InChI is InChI=1S/C31H35N5O7S/c1-7-31(41)21-12-23-24-18(13-36(23)27(44)20(21)14-42-28(31)39)10-17-8-9-19(11-22(17)35-24)34-26(38)15(2)32-25(37)16(3)33-29(40)43-30(4,5)6/h8-12,15-16,41H,7,13-14H2,1-6H3,(H,32,37)(H,33,40)(H,34,38)/t15-,16-,31-/m0/s1. The van der Waals surface area contributed by atoms with E-state index in [2.05, 4.69) is 16.0 Å². The first-order valence-corrected chi connectivity index (χ1v) is 14.7. The largest absolute Gasteiger partial charge is 0.458 e. The molecule has 0 bridgehead atoms. The molecule has 0 saturated heterocycles. The van der Waals surface area contributed by atoms with E-state index < -0.39 is 47.2 Å². The predicted molar refractivity (Wildman–Crippen MR) is 164 cm³/mol. The number of aromatic nitrogens is 2. The Kier molecular flexibility index (Phi) is 7.97. The Morgan fingerprint density at radius 3 is 2.52 bits per heavy atom. The van der Waals surface area contributed by atoms with Crippen LogP contribution >= 0.6 is 12.2 Å². The maximum absolute atomic E-state index is 12.9. The summed E-state index contributed by atoms with van der Waals surface area (Å²) >= 11 is 5.76. The van der Waals surface area contributed by atoms with Gasteiger partial charge < -0.3 is 35.1 Å². The van der Waals surface area contributed by atoms with Crippen molar-refractivity contribution >= 4 is 52.7 Å². The maximum atomic E-state index is 12.9. The zero-order valence-electron chi connectivity index (χ0n) is 25.4. The van der Waals surface area contributed by atoms with Gasteiger partial charge in [-0.15, -0.1) is 0 Å². The van der Waals surface area contributed by atoms with Crippen molar-refractivity contribution in [3.8, 4) is 11.4 Å². The first-order chi connectivity index (χ1) is 20.6. The Morgan fingerprint density at radius 1 is 1.14 bits per heavy atom. The number of carbonyl (C=O) groups excluding carboxylic acids is 4. The molecule has 44 heavy (non-hydrogen) atoms. The van der Waals surface area contributed by atoms with E-state index in [4.69, 9.17) is 26.7 Å². The van der Waals surface area contributed by atoms with Crippen molar-refractivity contribution in [3.05, 3.63) is 51.7 Å². The molecule has 13 heteroatoms. The number of aliphatic hydroxyl groups is 1. The molecule has 2 aromatic heterocycles. The number of ether oxygens (including phenoxy) is 2. The maximum Gasteiger partial charge on any atom is 0.408 e. The van der Waals surface area contributed by atoms with Crippen LogP contribution < -0.4 is 16.0 Å². The van der Waals surface area contributed by atoms with Crippen LogP contribution in [0.4, 0.5) is 10.5 Å². The zero-order valence-corrected chi connectivity index (χ0v) is 26.2. The molecule has 0 fully saturated rings. The van der Waals surface area contributed by atoms with Gasteiger partial charge in [0.2, 0.25) is 11.8 Å². The van der Waals surface area contributed by atoms with Gasteiger partial charge in [0.25, 0.3) is 0 Å². The summed E-state index contributed by atoms with van der Waals surface area (Å²) in [7, 11) is 0. The highest BCUT2D eigenvalue weighted by molar-refractivity contribution is 7.71. The molecular weight excluding hydrogens is 586 g/mol. The average Bonchev–Trinajstić information content (AvgIpc) is 3.30. The lowest BCUT2D eigenvalue weighted by molar-refractivity contribution is -0.172.